The number of ether oxygens (including phenoxy) is 3. The van der Waals surface area contributed by atoms with Gasteiger partial charge < -0.3 is 19.5 Å². The molecule has 7 nitrogen and oxygen atoms in total. The van der Waals surface area contributed by atoms with Crippen molar-refractivity contribution in [3.05, 3.63) is 81.9 Å². The lowest BCUT2D eigenvalue weighted by Crippen LogP contribution is -2.31. The molecule has 3 rings (SSSR count). The molecule has 0 radical (unpaired) electrons. The number of amidine groups is 1. The lowest BCUT2D eigenvalue weighted by Gasteiger charge is -2.26. The summed E-state index contributed by atoms with van der Waals surface area (Å²) in [7, 11) is 1.60. The normalized spacial score (nSPS) is 15.8. The number of esters is 2. The van der Waals surface area contributed by atoms with E-state index in [1.807, 2.05) is 54.6 Å². The first-order valence-corrected chi connectivity index (χ1v) is 11.8. The molecule has 1 unspecified atom stereocenters. The molecular formula is C26H28N2O5S. The van der Waals surface area contributed by atoms with E-state index >= 15 is 0 Å². The molecule has 0 saturated carbocycles. The van der Waals surface area contributed by atoms with Crippen LogP contribution < -0.4 is 10.1 Å². The Bertz CT molecular complexity index is 1110. The Morgan fingerprint density at radius 2 is 1.71 bits per heavy atom. The highest BCUT2D eigenvalue weighted by Gasteiger charge is 2.31. The van der Waals surface area contributed by atoms with Crippen molar-refractivity contribution in [3.8, 4) is 5.75 Å². The third-order valence-electron chi connectivity index (χ3n) is 4.93. The number of nitrogens with one attached hydrogen (secondary N) is 1. The van der Waals surface area contributed by atoms with Crippen LogP contribution in [0.1, 0.15) is 37.9 Å². The standard InChI is InChI=1S/C26H28N2O5S/c1-5-32-24(29)21(16-18-12-14-20(31-4)15-13-18)34-26-27-17(3)22(25(30)33-6-2)23(28-26)19-10-8-7-9-11-19/h7-16,23H,5-6H2,1-4H3,(H,27,28)/b21-16-. The lowest BCUT2D eigenvalue weighted by molar-refractivity contribution is -0.139. The molecule has 1 heterocycles. The lowest BCUT2D eigenvalue weighted by atomic mass is 9.97. The molecule has 0 aromatic heterocycles. The zero-order chi connectivity index (χ0) is 24.5. The molecule has 178 valence electrons. The number of rotatable bonds is 8. The molecule has 0 aliphatic carbocycles. The highest BCUT2D eigenvalue weighted by molar-refractivity contribution is 8.18. The molecule has 34 heavy (non-hydrogen) atoms. The highest BCUT2D eigenvalue weighted by Crippen LogP contribution is 2.34. The average molecular weight is 481 g/mol. The fourth-order valence-electron chi connectivity index (χ4n) is 3.34. The maximum atomic E-state index is 12.7. The van der Waals surface area contributed by atoms with Crippen molar-refractivity contribution in [2.45, 2.75) is 26.8 Å². The maximum absolute atomic E-state index is 12.7. The Morgan fingerprint density at radius 3 is 2.32 bits per heavy atom. The Labute approximate surface area is 203 Å². The molecule has 8 heteroatoms. The van der Waals surface area contributed by atoms with E-state index in [2.05, 4.69) is 5.32 Å². The van der Waals surface area contributed by atoms with Crippen molar-refractivity contribution < 1.29 is 23.8 Å². The van der Waals surface area contributed by atoms with Gasteiger partial charge in [-0.1, -0.05) is 42.5 Å². The van der Waals surface area contributed by atoms with Gasteiger partial charge in [-0.25, -0.2) is 14.6 Å². The van der Waals surface area contributed by atoms with Crippen molar-refractivity contribution in [3.63, 3.8) is 0 Å². The van der Waals surface area contributed by atoms with E-state index in [4.69, 9.17) is 19.2 Å². The second-order valence-electron chi connectivity index (χ2n) is 7.24. The monoisotopic (exact) mass is 480 g/mol. The number of benzene rings is 2. The van der Waals surface area contributed by atoms with Gasteiger partial charge in [-0.3, -0.25) is 0 Å². The summed E-state index contributed by atoms with van der Waals surface area (Å²) >= 11 is 1.16. The van der Waals surface area contributed by atoms with Crippen LogP contribution in [0, 0.1) is 0 Å². The summed E-state index contributed by atoms with van der Waals surface area (Å²) in [5.74, 6) is -0.158. The van der Waals surface area contributed by atoms with Gasteiger partial charge in [0, 0.05) is 5.70 Å². The van der Waals surface area contributed by atoms with Gasteiger partial charge in [-0.15, -0.1) is 0 Å². The SMILES string of the molecule is CCOC(=O)C1=C(C)NC(S/C(=C\c2ccc(OC)cc2)C(=O)OCC)=NC1c1ccccc1. The van der Waals surface area contributed by atoms with Gasteiger partial charge in [0.1, 0.15) is 16.7 Å². The highest BCUT2D eigenvalue weighted by atomic mass is 32.2. The number of hydrogen-bond donors (Lipinski definition) is 1. The number of carbonyl (C=O) groups excluding carboxylic acids is 2. The minimum atomic E-state index is -0.562. The second-order valence-corrected chi connectivity index (χ2v) is 8.27. The summed E-state index contributed by atoms with van der Waals surface area (Å²) in [6, 6.07) is 16.3. The quantitative estimate of drug-likeness (QED) is 0.426. The van der Waals surface area contributed by atoms with E-state index in [0.717, 1.165) is 28.6 Å². The summed E-state index contributed by atoms with van der Waals surface area (Å²) in [5, 5.41) is 3.64. The minimum absolute atomic E-state index is 0.248. The third-order valence-corrected chi connectivity index (χ3v) is 5.83. The molecule has 0 saturated heterocycles. The van der Waals surface area contributed by atoms with Gasteiger partial charge in [-0.2, -0.15) is 0 Å². The van der Waals surface area contributed by atoms with Crippen LogP contribution in [-0.4, -0.2) is 37.4 Å². The van der Waals surface area contributed by atoms with Crippen LogP contribution in [0.4, 0.5) is 0 Å². The van der Waals surface area contributed by atoms with E-state index in [9.17, 15) is 9.59 Å². The molecule has 0 bridgehead atoms. The van der Waals surface area contributed by atoms with Gasteiger partial charge in [0.25, 0.3) is 0 Å². The molecule has 1 atom stereocenters. The number of carbonyl (C=O) groups is 2. The fourth-order valence-corrected chi connectivity index (χ4v) is 4.24. The summed E-state index contributed by atoms with van der Waals surface area (Å²) in [5.41, 5.74) is 2.72. The van der Waals surface area contributed by atoms with Crippen molar-refractivity contribution >= 4 is 34.9 Å². The third kappa shape index (κ3) is 6.29. The Morgan fingerprint density at radius 1 is 1.03 bits per heavy atom. The summed E-state index contributed by atoms with van der Waals surface area (Å²) in [6.45, 7) is 5.84. The number of aliphatic imine (C=N–C) groups is 1. The van der Waals surface area contributed by atoms with Gasteiger partial charge in [0.15, 0.2) is 5.17 Å². The zero-order valence-electron chi connectivity index (χ0n) is 19.7. The Balaban J connectivity index is 1.97. The second kappa shape index (κ2) is 12.1. The van der Waals surface area contributed by atoms with Crippen LogP contribution in [-0.2, 0) is 19.1 Å². The van der Waals surface area contributed by atoms with Gasteiger partial charge in [-0.05, 0) is 61.9 Å². The molecule has 2 aromatic carbocycles. The minimum Gasteiger partial charge on any atom is -0.497 e. The molecule has 1 aliphatic rings. The summed E-state index contributed by atoms with van der Waals surface area (Å²) < 4.78 is 15.8. The first-order chi connectivity index (χ1) is 16.5. The number of hydrogen-bond acceptors (Lipinski definition) is 8. The first-order valence-electron chi connectivity index (χ1n) is 10.9. The largest absolute Gasteiger partial charge is 0.497 e. The van der Waals surface area contributed by atoms with Crippen LogP contribution >= 0.6 is 11.8 Å². The number of methoxy groups -OCH3 is 1. The van der Waals surface area contributed by atoms with Crippen LogP contribution in [0.3, 0.4) is 0 Å². The van der Waals surface area contributed by atoms with Crippen LogP contribution in [0.5, 0.6) is 5.75 Å². The van der Waals surface area contributed by atoms with Crippen LogP contribution in [0.15, 0.2) is 75.8 Å². The van der Waals surface area contributed by atoms with Gasteiger partial charge in [0.05, 0.1) is 25.9 Å². The molecule has 1 aliphatic heterocycles. The van der Waals surface area contributed by atoms with Crippen molar-refractivity contribution in [1.82, 2.24) is 5.32 Å². The van der Waals surface area contributed by atoms with Gasteiger partial charge in [0.2, 0.25) is 0 Å². The van der Waals surface area contributed by atoms with E-state index in [1.165, 1.54) is 0 Å². The van der Waals surface area contributed by atoms with Crippen molar-refractivity contribution in [1.29, 1.82) is 0 Å². The molecular weight excluding hydrogens is 452 g/mol. The topological polar surface area (TPSA) is 86.2 Å². The van der Waals surface area contributed by atoms with E-state index < -0.39 is 18.0 Å². The van der Waals surface area contributed by atoms with Crippen LogP contribution in [0.25, 0.3) is 6.08 Å². The van der Waals surface area contributed by atoms with E-state index in [1.54, 1.807) is 34.0 Å². The predicted octanol–water partition coefficient (Wildman–Crippen LogP) is 4.87. The first kappa shape index (κ1) is 25.1. The number of nitrogens with zero attached hydrogens (tertiary/aromatic N) is 1. The average Bonchev–Trinajstić information content (AvgIpc) is 2.84. The maximum Gasteiger partial charge on any atom is 0.345 e. The van der Waals surface area contributed by atoms with E-state index in [-0.39, 0.29) is 13.2 Å². The summed E-state index contributed by atoms with van der Waals surface area (Å²) in [6.07, 6.45) is 1.74. The molecule has 1 N–H and O–H groups in total. The molecule has 0 amide bonds. The zero-order valence-corrected chi connectivity index (χ0v) is 20.5. The van der Waals surface area contributed by atoms with Crippen molar-refractivity contribution in [2.24, 2.45) is 4.99 Å². The van der Waals surface area contributed by atoms with Gasteiger partial charge >= 0.3 is 11.9 Å². The molecule has 2 aromatic rings. The number of thioether (sulfide) groups is 1. The Hall–Kier alpha value is -3.52. The van der Waals surface area contributed by atoms with Crippen LogP contribution in [0.2, 0.25) is 0 Å². The predicted molar refractivity (Wildman–Crippen MR) is 134 cm³/mol. The fraction of sp³-hybridized carbons (Fsp3) is 0.269. The molecule has 0 spiro atoms. The van der Waals surface area contributed by atoms with E-state index in [0.29, 0.717) is 21.3 Å². The number of allylic oxidation sites excluding steroid dienone is 1. The van der Waals surface area contributed by atoms with Crippen molar-refractivity contribution in [2.75, 3.05) is 20.3 Å². The smallest absolute Gasteiger partial charge is 0.345 e. The Kier molecular flexibility index (Phi) is 8.93. The molecule has 0 fully saturated rings. The summed E-state index contributed by atoms with van der Waals surface area (Å²) in [4.78, 5) is 30.6.